The van der Waals surface area contributed by atoms with E-state index in [-0.39, 0.29) is 11.8 Å². The van der Waals surface area contributed by atoms with Crippen molar-refractivity contribution in [1.29, 1.82) is 0 Å². The van der Waals surface area contributed by atoms with Gasteiger partial charge in [-0.15, -0.1) is 0 Å². The Morgan fingerprint density at radius 2 is 1.60 bits per heavy atom. The molecule has 132 valence electrons. The lowest BCUT2D eigenvalue weighted by Gasteiger charge is -2.18. The van der Waals surface area contributed by atoms with Gasteiger partial charge in [0, 0.05) is 14.1 Å². The molecule has 25 heavy (non-hydrogen) atoms. The van der Waals surface area contributed by atoms with Crippen LogP contribution in [0.5, 0.6) is 11.5 Å². The first-order chi connectivity index (χ1) is 11.9. The zero-order chi connectivity index (χ0) is 18.4. The van der Waals surface area contributed by atoms with Crippen LogP contribution in [0.25, 0.3) is 0 Å². The second kappa shape index (κ2) is 8.19. The summed E-state index contributed by atoms with van der Waals surface area (Å²) < 4.78 is 10.7. The van der Waals surface area contributed by atoms with E-state index in [0.29, 0.717) is 22.7 Å². The van der Waals surface area contributed by atoms with Crippen LogP contribution in [0.4, 0.5) is 5.69 Å². The molecule has 1 atom stereocenters. The molecule has 0 saturated heterocycles. The second-order valence-electron chi connectivity index (χ2n) is 5.67. The molecule has 1 N–H and O–H groups in total. The Labute approximate surface area is 147 Å². The molecule has 2 aromatic rings. The number of benzene rings is 2. The number of amides is 2. The van der Waals surface area contributed by atoms with Gasteiger partial charge in [-0.3, -0.25) is 9.59 Å². The number of nitrogens with one attached hydrogen (secondary N) is 1. The van der Waals surface area contributed by atoms with Crippen LogP contribution in [0, 0.1) is 0 Å². The number of carbonyl (C=O) groups excluding carboxylic acids is 2. The Morgan fingerprint density at radius 1 is 1.00 bits per heavy atom. The smallest absolute Gasteiger partial charge is 0.265 e. The van der Waals surface area contributed by atoms with Crippen molar-refractivity contribution >= 4 is 17.5 Å². The molecule has 1 unspecified atom stereocenters. The summed E-state index contributed by atoms with van der Waals surface area (Å²) in [6.07, 6.45) is -0.726. The lowest BCUT2D eigenvalue weighted by Crippen LogP contribution is -2.31. The van der Waals surface area contributed by atoms with Gasteiger partial charge in [-0.1, -0.05) is 12.1 Å². The highest BCUT2D eigenvalue weighted by Gasteiger charge is 2.19. The molecule has 0 saturated carbocycles. The van der Waals surface area contributed by atoms with Crippen LogP contribution in [0.2, 0.25) is 0 Å². The van der Waals surface area contributed by atoms with Gasteiger partial charge in [0.15, 0.2) is 6.10 Å². The minimum absolute atomic E-state index is 0.181. The van der Waals surface area contributed by atoms with Gasteiger partial charge in [0.1, 0.15) is 11.5 Å². The van der Waals surface area contributed by atoms with Crippen LogP contribution in [-0.4, -0.2) is 44.0 Å². The Hall–Kier alpha value is -3.02. The summed E-state index contributed by atoms with van der Waals surface area (Å²) in [5.41, 5.74) is 0.883. The molecule has 0 radical (unpaired) electrons. The summed E-state index contributed by atoms with van der Waals surface area (Å²) in [6, 6.07) is 13.8. The molecule has 0 aromatic heterocycles. The third kappa shape index (κ3) is 4.73. The lowest BCUT2D eigenvalue weighted by molar-refractivity contribution is -0.122. The number of methoxy groups -OCH3 is 1. The molecular formula is C19H22N2O4. The first kappa shape index (κ1) is 18.3. The monoisotopic (exact) mass is 342 g/mol. The fourth-order valence-corrected chi connectivity index (χ4v) is 2.17. The van der Waals surface area contributed by atoms with Gasteiger partial charge in [-0.05, 0) is 43.3 Å². The molecule has 0 bridgehead atoms. The van der Waals surface area contributed by atoms with Gasteiger partial charge in [0.2, 0.25) is 0 Å². The van der Waals surface area contributed by atoms with Gasteiger partial charge < -0.3 is 19.7 Å². The minimum Gasteiger partial charge on any atom is -0.497 e. The van der Waals surface area contributed by atoms with Crippen molar-refractivity contribution in [3.63, 3.8) is 0 Å². The number of para-hydroxylation sites is 1. The number of rotatable bonds is 6. The molecule has 0 aliphatic rings. The highest BCUT2D eigenvalue weighted by Crippen LogP contribution is 2.20. The van der Waals surface area contributed by atoms with Gasteiger partial charge in [0.05, 0.1) is 18.4 Å². The average molecular weight is 342 g/mol. The number of nitrogens with zero attached hydrogens (tertiary/aromatic N) is 1. The van der Waals surface area contributed by atoms with Crippen LogP contribution >= 0.6 is 0 Å². The average Bonchev–Trinajstić information content (AvgIpc) is 2.62. The van der Waals surface area contributed by atoms with Crippen LogP contribution in [0.1, 0.15) is 17.3 Å². The number of hydrogen-bond donors (Lipinski definition) is 1. The van der Waals surface area contributed by atoms with E-state index in [9.17, 15) is 9.59 Å². The lowest BCUT2D eigenvalue weighted by atomic mass is 10.1. The Bertz CT molecular complexity index is 741. The predicted octanol–water partition coefficient (Wildman–Crippen LogP) is 2.80. The van der Waals surface area contributed by atoms with Gasteiger partial charge in [-0.25, -0.2) is 0 Å². The van der Waals surface area contributed by atoms with E-state index in [2.05, 4.69) is 5.32 Å². The quantitative estimate of drug-likeness (QED) is 0.876. The van der Waals surface area contributed by atoms with Crippen molar-refractivity contribution in [1.82, 2.24) is 4.90 Å². The fourth-order valence-electron chi connectivity index (χ4n) is 2.17. The maximum absolute atomic E-state index is 12.4. The van der Waals surface area contributed by atoms with E-state index in [0.717, 1.165) is 0 Å². The SMILES string of the molecule is COc1ccc(OC(C)C(=O)Nc2ccccc2C(=O)N(C)C)cc1. The zero-order valence-electron chi connectivity index (χ0n) is 14.8. The molecule has 0 heterocycles. The normalized spacial score (nSPS) is 11.4. The molecule has 2 rings (SSSR count). The first-order valence-corrected chi connectivity index (χ1v) is 7.84. The van der Waals surface area contributed by atoms with E-state index in [1.165, 1.54) is 4.90 Å². The molecule has 6 nitrogen and oxygen atoms in total. The summed E-state index contributed by atoms with van der Waals surface area (Å²) in [5, 5.41) is 2.75. The van der Waals surface area contributed by atoms with E-state index in [1.807, 2.05) is 0 Å². The Morgan fingerprint density at radius 3 is 2.20 bits per heavy atom. The van der Waals surface area contributed by atoms with E-state index in [1.54, 1.807) is 76.7 Å². The summed E-state index contributed by atoms with van der Waals surface area (Å²) in [7, 11) is 4.91. The molecule has 0 aliphatic carbocycles. The highest BCUT2D eigenvalue weighted by atomic mass is 16.5. The topological polar surface area (TPSA) is 67.9 Å². The van der Waals surface area contributed by atoms with Crippen LogP contribution in [0.15, 0.2) is 48.5 Å². The van der Waals surface area contributed by atoms with Crippen LogP contribution in [0.3, 0.4) is 0 Å². The molecule has 6 heteroatoms. The van der Waals surface area contributed by atoms with E-state index in [4.69, 9.17) is 9.47 Å². The molecule has 0 spiro atoms. The standard InChI is InChI=1S/C19H22N2O4/c1-13(25-15-11-9-14(24-4)10-12-15)18(22)20-17-8-6-5-7-16(17)19(23)21(2)3/h5-13H,1-4H3,(H,20,22). The third-order valence-electron chi connectivity index (χ3n) is 3.56. The maximum Gasteiger partial charge on any atom is 0.265 e. The van der Waals surface area contributed by atoms with Crippen molar-refractivity contribution < 1.29 is 19.1 Å². The summed E-state index contributed by atoms with van der Waals surface area (Å²) in [6.45, 7) is 1.65. The van der Waals surface area contributed by atoms with Crippen LogP contribution < -0.4 is 14.8 Å². The minimum atomic E-state index is -0.726. The molecule has 0 fully saturated rings. The molecule has 0 aliphatic heterocycles. The molecule has 2 aromatic carbocycles. The summed E-state index contributed by atoms with van der Waals surface area (Å²) >= 11 is 0. The van der Waals surface area contributed by atoms with Crippen molar-refractivity contribution in [3.05, 3.63) is 54.1 Å². The molecule has 2 amide bonds. The molecular weight excluding hydrogens is 320 g/mol. The summed E-state index contributed by atoms with van der Waals surface area (Å²) in [5.74, 6) is 0.746. The highest BCUT2D eigenvalue weighted by molar-refractivity contribution is 6.04. The number of ether oxygens (including phenoxy) is 2. The van der Waals surface area contributed by atoms with Gasteiger partial charge >= 0.3 is 0 Å². The number of hydrogen-bond acceptors (Lipinski definition) is 4. The van der Waals surface area contributed by atoms with Gasteiger partial charge in [-0.2, -0.15) is 0 Å². The van der Waals surface area contributed by atoms with Crippen molar-refractivity contribution in [2.75, 3.05) is 26.5 Å². The fraction of sp³-hybridized carbons (Fsp3) is 0.263. The first-order valence-electron chi connectivity index (χ1n) is 7.84. The summed E-state index contributed by atoms with van der Waals surface area (Å²) in [4.78, 5) is 26.1. The Kier molecular flexibility index (Phi) is 6.00. The van der Waals surface area contributed by atoms with Crippen molar-refractivity contribution in [3.8, 4) is 11.5 Å². The largest absolute Gasteiger partial charge is 0.497 e. The van der Waals surface area contributed by atoms with E-state index >= 15 is 0 Å². The van der Waals surface area contributed by atoms with Crippen LogP contribution in [-0.2, 0) is 4.79 Å². The maximum atomic E-state index is 12.4. The number of anilines is 1. The van der Waals surface area contributed by atoms with Gasteiger partial charge in [0.25, 0.3) is 11.8 Å². The second-order valence-corrected chi connectivity index (χ2v) is 5.67. The van der Waals surface area contributed by atoms with E-state index < -0.39 is 6.10 Å². The predicted molar refractivity (Wildman–Crippen MR) is 96.2 cm³/mol. The van der Waals surface area contributed by atoms with Crippen molar-refractivity contribution in [2.45, 2.75) is 13.0 Å². The van der Waals surface area contributed by atoms with Crippen molar-refractivity contribution in [2.24, 2.45) is 0 Å². The number of carbonyl (C=O) groups is 2. The zero-order valence-corrected chi connectivity index (χ0v) is 14.8. The third-order valence-corrected chi connectivity index (χ3v) is 3.56. The Balaban J connectivity index is 2.07.